The van der Waals surface area contributed by atoms with Crippen LogP contribution in [0.3, 0.4) is 0 Å². The summed E-state index contributed by atoms with van der Waals surface area (Å²) in [7, 11) is 0. The molecule has 8 N–H and O–H groups in total. The number of likely N-dealkylation sites (tertiary alicyclic amines) is 1. The number of piperidine rings is 1. The van der Waals surface area contributed by atoms with Crippen LogP contribution >= 0.6 is 11.3 Å². The summed E-state index contributed by atoms with van der Waals surface area (Å²) < 4.78 is 12.4. The van der Waals surface area contributed by atoms with Crippen LogP contribution in [0.25, 0.3) is 10.4 Å². The Bertz CT molecular complexity index is 2830. The van der Waals surface area contributed by atoms with Crippen molar-refractivity contribution in [3.8, 4) is 21.9 Å². The van der Waals surface area contributed by atoms with Crippen LogP contribution in [-0.4, -0.2) is 148 Å². The second-order valence-electron chi connectivity index (χ2n) is 23.7. The zero-order valence-corrected chi connectivity index (χ0v) is 50.3. The number of ether oxygens (including phenoxy) is 2. The van der Waals surface area contributed by atoms with Gasteiger partial charge >= 0.3 is 0 Å². The molecule has 0 saturated carbocycles. The number of allylic oxidation sites excluding steroid dienone is 1. The summed E-state index contributed by atoms with van der Waals surface area (Å²) in [5, 5.41) is 43.5. The summed E-state index contributed by atoms with van der Waals surface area (Å²) in [5.41, 5.74) is 11.4. The molecule has 1 unspecified atom stereocenters. The third-order valence-corrected chi connectivity index (χ3v) is 17.1. The number of rotatable bonds is 29. The topological polar surface area (TPSA) is 251 Å². The molecule has 4 heterocycles. The van der Waals surface area contributed by atoms with Crippen molar-refractivity contribution in [2.75, 3.05) is 63.9 Å². The van der Waals surface area contributed by atoms with E-state index < -0.39 is 23.6 Å². The van der Waals surface area contributed by atoms with E-state index >= 15 is 0 Å². The van der Waals surface area contributed by atoms with Crippen molar-refractivity contribution in [1.29, 1.82) is 10.8 Å². The molecule has 450 valence electrons. The molecule has 3 saturated heterocycles. The van der Waals surface area contributed by atoms with Gasteiger partial charge in [-0.25, -0.2) is 4.98 Å². The zero-order chi connectivity index (χ0) is 59.5. The SMILES string of the molecule is Cc1ncsc1-c1ccc([C@H](C)NC(=O)[C@@H]2C[C@@H](O)CN2C(=O)[C@@H](NC(=O)CCCCCCCCCCCCC(=O)N2CCN(CCOc3cccc(N4CCCC(O/C(=C/C(=N)c5ccccc5O)C(=N)N)C4)c3)CC2)C(C)(C)C)cc1. The highest BCUT2D eigenvalue weighted by atomic mass is 32.1. The lowest BCUT2D eigenvalue weighted by Crippen LogP contribution is -2.57. The molecule has 18 nitrogen and oxygen atoms in total. The molecule has 1 aromatic heterocycles. The Hall–Kier alpha value is -6.83. The molecule has 0 aliphatic carbocycles. The standard InChI is InChI=1S/C64H90N10O8S/c1-44(46-27-29-47(30-28-46)59-45(2)68-43-83-59)69-62(79)54-39-49(75)41-74(54)63(80)60(64(3,4)5)70-57(77)25-14-12-10-8-6-7-9-11-13-15-26-58(78)72-34-32-71(33-35-72)36-37-81-50-21-18-20-48(38-50)73-31-19-22-51(42-73)82-56(61(66)67)40-53(65)52-23-16-17-24-55(52)76/h16-18,20-21,23-24,27-30,38,40,43-44,49,51,54,60,65,75-76H,6-15,19,22,25-26,31-37,39,41-42H2,1-5H3,(H3,66,67)(H,69,79)(H,70,77)/b56-40+,65-53?/t44-,49+,51?,54-,60+/m0/s1. The number of nitrogens with two attached hydrogens (primary N) is 1. The minimum Gasteiger partial charge on any atom is -0.507 e. The third-order valence-electron chi connectivity index (χ3n) is 16.1. The van der Waals surface area contributed by atoms with Crippen molar-refractivity contribution in [3.05, 3.63) is 107 Å². The quantitative estimate of drug-likeness (QED) is 0.0116. The Morgan fingerprint density at radius 2 is 1.53 bits per heavy atom. The number of aryl methyl sites for hydroxylation is 1. The number of nitrogens with one attached hydrogen (secondary N) is 4. The molecule has 0 spiro atoms. The maximum atomic E-state index is 14.1. The molecular weight excluding hydrogens is 1070 g/mol. The highest BCUT2D eigenvalue weighted by Crippen LogP contribution is 2.31. The lowest BCUT2D eigenvalue weighted by molar-refractivity contribution is -0.144. The van der Waals surface area contributed by atoms with Crippen molar-refractivity contribution in [3.63, 3.8) is 0 Å². The second kappa shape index (κ2) is 31.2. The van der Waals surface area contributed by atoms with Gasteiger partial charge in [0, 0.05) is 88.5 Å². The highest BCUT2D eigenvalue weighted by molar-refractivity contribution is 7.13. The van der Waals surface area contributed by atoms with Gasteiger partial charge in [-0.2, -0.15) is 0 Å². The summed E-state index contributed by atoms with van der Waals surface area (Å²) >= 11 is 1.59. The van der Waals surface area contributed by atoms with Crippen LogP contribution in [-0.2, 0) is 23.9 Å². The fraction of sp³-hybridized carbons (Fsp3) is 0.547. The van der Waals surface area contributed by atoms with E-state index in [0.717, 1.165) is 149 Å². The first-order valence-electron chi connectivity index (χ1n) is 30.0. The van der Waals surface area contributed by atoms with Gasteiger partial charge in [-0.3, -0.25) is 34.9 Å². The summed E-state index contributed by atoms with van der Waals surface area (Å²) in [4.78, 5) is 67.6. The van der Waals surface area contributed by atoms with Gasteiger partial charge in [0.05, 0.1) is 40.5 Å². The number of β-amino-alcohol motifs (C(OH)–C–C–N with tert-alkyl or cyclic N) is 1. The number of benzene rings is 3. The molecule has 3 aliphatic heterocycles. The van der Waals surface area contributed by atoms with Crippen molar-refractivity contribution in [2.45, 2.75) is 161 Å². The van der Waals surface area contributed by atoms with Gasteiger partial charge in [0.15, 0.2) is 11.6 Å². The first kappa shape index (κ1) is 63.7. The number of aliphatic hydroxyl groups excluding tert-OH is 1. The van der Waals surface area contributed by atoms with E-state index in [0.29, 0.717) is 31.6 Å². The van der Waals surface area contributed by atoms with Gasteiger partial charge in [0.2, 0.25) is 23.6 Å². The van der Waals surface area contributed by atoms with E-state index in [1.54, 1.807) is 29.5 Å². The van der Waals surface area contributed by atoms with Gasteiger partial charge < -0.3 is 50.8 Å². The van der Waals surface area contributed by atoms with Crippen molar-refractivity contribution >= 4 is 52.2 Å². The predicted octanol–water partition coefficient (Wildman–Crippen LogP) is 9.27. The number of para-hydroxylation sites is 1. The number of aliphatic hydroxyl groups is 1. The number of piperazine rings is 1. The predicted molar refractivity (Wildman–Crippen MR) is 328 cm³/mol. The number of phenols is 1. The maximum absolute atomic E-state index is 14.1. The number of carbonyl (C=O) groups excluding carboxylic acids is 4. The fourth-order valence-electron chi connectivity index (χ4n) is 11.2. The summed E-state index contributed by atoms with van der Waals surface area (Å²) in [5.74, 6) is -0.0469. The van der Waals surface area contributed by atoms with Gasteiger partial charge in [0.25, 0.3) is 0 Å². The summed E-state index contributed by atoms with van der Waals surface area (Å²) in [6.45, 7) is 15.4. The van der Waals surface area contributed by atoms with E-state index in [1.807, 2.05) is 87.5 Å². The van der Waals surface area contributed by atoms with Gasteiger partial charge in [-0.05, 0) is 80.3 Å². The number of phenolic OH excluding ortho intramolecular Hbond substituents is 1. The Morgan fingerprint density at radius 1 is 0.855 bits per heavy atom. The monoisotopic (exact) mass is 1160 g/mol. The van der Waals surface area contributed by atoms with Crippen LogP contribution in [0.5, 0.6) is 11.5 Å². The number of unbranched alkanes of at least 4 members (excludes halogenated alkanes) is 9. The number of hydrogen-bond donors (Lipinski definition) is 7. The lowest BCUT2D eigenvalue weighted by atomic mass is 9.85. The lowest BCUT2D eigenvalue weighted by Gasteiger charge is -2.35. The molecule has 0 bridgehead atoms. The number of aromatic nitrogens is 1. The molecule has 3 fully saturated rings. The van der Waals surface area contributed by atoms with E-state index in [1.165, 1.54) is 17.0 Å². The van der Waals surface area contributed by atoms with Crippen molar-refractivity contribution in [2.24, 2.45) is 11.1 Å². The average molecular weight is 1160 g/mol. The van der Waals surface area contributed by atoms with Crippen LogP contribution in [0.1, 0.15) is 147 Å². The first-order valence-corrected chi connectivity index (χ1v) is 30.9. The zero-order valence-electron chi connectivity index (χ0n) is 49.5. The normalized spacial score (nSPS) is 18.6. The molecule has 0 radical (unpaired) electrons. The Morgan fingerprint density at radius 3 is 2.18 bits per heavy atom. The molecular formula is C64H90N10O8S. The molecule has 19 heteroatoms. The number of hydrogen-bond acceptors (Lipinski definition) is 14. The van der Waals surface area contributed by atoms with Crippen LogP contribution in [0.15, 0.2) is 90.1 Å². The number of amidine groups is 1. The number of carbonyl (C=O) groups is 4. The van der Waals surface area contributed by atoms with Crippen molar-refractivity contribution in [1.82, 2.24) is 30.3 Å². The fourth-order valence-corrected chi connectivity index (χ4v) is 12.0. The molecule has 4 aromatic rings. The summed E-state index contributed by atoms with van der Waals surface area (Å²) in [6.07, 6.45) is 13.3. The Kier molecular flexibility index (Phi) is 23.9. The molecule has 3 aliphatic rings. The maximum Gasteiger partial charge on any atom is 0.246 e. The number of amides is 4. The highest BCUT2D eigenvalue weighted by Gasteiger charge is 2.45. The largest absolute Gasteiger partial charge is 0.507 e. The van der Waals surface area contributed by atoms with Crippen LogP contribution in [0, 0.1) is 23.2 Å². The molecule has 4 amide bonds. The number of anilines is 1. The van der Waals surface area contributed by atoms with Gasteiger partial charge in [-0.15, -0.1) is 11.3 Å². The van der Waals surface area contributed by atoms with Gasteiger partial charge in [0.1, 0.15) is 36.3 Å². The molecule has 7 rings (SSSR count). The van der Waals surface area contributed by atoms with Crippen LogP contribution in [0.4, 0.5) is 5.69 Å². The van der Waals surface area contributed by atoms with E-state index in [2.05, 4.69) is 31.5 Å². The minimum atomic E-state index is -0.853. The number of thiazole rings is 1. The summed E-state index contributed by atoms with van der Waals surface area (Å²) in [6, 6.07) is 20.6. The van der Waals surface area contributed by atoms with Crippen molar-refractivity contribution < 1.29 is 38.9 Å². The van der Waals surface area contributed by atoms with Gasteiger partial charge in [-0.1, -0.05) is 115 Å². The number of aromatic hydroxyl groups is 1. The van der Waals surface area contributed by atoms with E-state index in [9.17, 15) is 29.4 Å². The third kappa shape index (κ3) is 19.1. The minimum absolute atomic E-state index is 0.00994. The second-order valence-corrected chi connectivity index (χ2v) is 24.5. The molecule has 3 aromatic carbocycles. The Labute approximate surface area is 495 Å². The van der Waals surface area contributed by atoms with E-state index in [4.69, 9.17) is 26.0 Å². The van der Waals surface area contributed by atoms with Crippen LogP contribution < -0.4 is 26.0 Å². The molecule has 83 heavy (non-hydrogen) atoms. The van der Waals surface area contributed by atoms with E-state index in [-0.39, 0.29) is 71.8 Å². The molecule has 5 atom stereocenters. The smallest absolute Gasteiger partial charge is 0.246 e. The average Bonchev–Trinajstić information content (AvgIpc) is 4.24. The van der Waals surface area contributed by atoms with Crippen LogP contribution in [0.2, 0.25) is 0 Å². The first-order chi connectivity index (χ1) is 39.8. The Balaban J connectivity index is 0.703. The number of nitrogens with zero attached hydrogens (tertiary/aromatic N) is 5.